The van der Waals surface area contributed by atoms with Gasteiger partial charge >= 0.3 is 0 Å². The first-order valence-corrected chi connectivity index (χ1v) is 8.84. The van der Waals surface area contributed by atoms with Crippen molar-refractivity contribution in [2.75, 3.05) is 7.11 Å². The molecule has 0 N–H and O–H groups in total. The first kappa shape index (κ1) is 20.0. The molecule has 0 aliphatic rings. The molecule has 6 nitrogen and oxygen atoms in total. The van der Waals surface area contributed by atoms with Crippen molar-refractivity contribution in [2.24, 2.45) is 0 Å². The van der Waals surface area contributed by atoms with Gasteiger partial charge in [0.25, 0.3) is 5.69 Å². The lowest BCUT2D eigenvalue weighted by Crippen LogP contribution is -2.05. The molecule has 3 aromatic rings. The number of rotatable bonds is 5. The average Bonchev–Trinajstić information content (AvgIpc) is 2.64. The van der Waals surface area contributed by atoms with E-state index in [4.69, 9.17) is 27.9 Å². The van der Waals surface area contributed by atoms with Gasteiger partial charge in [0.2, 0.25) is 0 Å². The van der Waals surface area contributed by atoms with Gasteiger partial charge in [-0.25, -0.2) is 14.4 Å². The van der Waals surface area contributed by atoms with Crippen LogP contribution in [0, 0.1) is 22.9 Å². The third-order valence-electron chi connectivity index (χ3n) is 4.24. The molecule has 0 saturated heterocycles. The molecule has 0 aliphatic heterocycles. The van der Waals surface area contributed by atoms with Crippen LogP contribution in [0.15, 0.2) is 36.7 Å². The SMILES string of the molecule is COc1ccc(-c2c(C)ncnc2Cc2c(F)cc(Cl)cc2[N+](=O)[O-])c(Cl)c1. The lowest BCUT2D eigenvalue weighted by Gasteiger charge is -2.14. The number of hydrogen-bond acceptors (Lipinski definition) is 5. The summed E-state index contributed by atoms with van der Waals surface area (Å²) in [5.41, 5.74) is 1.69. The smallest absolute Gasteiger partial charge is 0.277 e. The third kappa shape index (κ3) is 3.90. The summed E-state index contributed by atoms with van der Waals surface area (Å²) < 4.78 is 19.7. The van der Waals surface area contributed by atoms with Gasteiger partial charge in [0.15, 0.2) is 0 Å². The Kier molecular flexibility index (Phi) is 5.76. The van der Waals surface area contributed by atoms with E-state index in [1.54, 1.807) is 25.1 Å². The lowest BCUT2D eigenvalue weighted by molar-refractivity contribution is -0.385. The van der Waals surface area contributed by atoms with E-state index in [9.17, 15) is 14.5 Å². The van der Waals surface area contributed by atoms with E-state index in [2.05, 4.69) is 9.97 Å². The molecule has 0 atom stereocenters. The summed E-state index contributed by atoms with van der Waals surface area (Å²) in [4.78, 5) is 19.1. The van der Waals surface area contributed by atoms with Crippen molar-refractivity contribution in [3.63, 3.8) is 0 Å². The largest absolute Gasteiger partial charge is 0.497 e. The molecule has 144 valence electrons. The minimum Gasteiger partial charge on any atom is -0.497 e. The molecular formula is C19H14Cl2FN3O3. The van der Waals surface area contributed by atoms with Crippen molar-refractivity contribution in [3.8, 4) is 16.9 Å². The number of aromatic nitrogens is 2. The summed E-state index contributed by atoms with van der Waals surface area (Å²) in [7, 11) is 1.52. The molecule has 1 aromatic heterocycles. The van der Waals surface area contributed by atoms with E-state index in [0.29, 0.717) is 33.3 Å². The molecule has 3 rings (SSSR count). The Hall–Kier alpha value is -2.77. The van der Waals surface area contributed by atoms with Crippen molar-refractivity contribution in [1.29, 1.82) is 0 Å². The third-order valence-corrected chi connectivity index (χ3v) is 4.77. The van der Waals surface area contributed by atoms with Crippen LogP contribution in [-0.2, 0) is 6.42 Å². The first-order valence-electron chi connectivity index (χ1n) is 8.08. The second kappa shape index (κ2) is 8.08. The maximum Gasteiger partial charge on any atom is 0.277 e. The van der Waals surface area contributed by atoms with Gasteiger partial charge < -0.3 is 4.74 Å². The number of benzene rings is 2. The fourth-order valence-electron chi connectivity index (χ4n) is 2.93. The fourth-order valence-corrected chi connectivity index (χ4v) is 3.39. The van der Waals surface area contributed by atoms with Gasteiger partial charge in [-0.1, -0.05) is 23.2 Å². The highest BCUT2D eigenvalue weighted by Gasteiger charge is 2.23. The zero-order valence-corrected chi connectivity index (χ0v) is 16.4. The molecule has 28 heavy (non-hydrogen) atoms. The van der Waals surface area contributed by atoms with Gasteiger partial charge in [-0.2, -0.15) is 0 Å². The quantitative estimate of drug-likeness (QED) is 0.406. The van der Waals surface area contributed by atoms with Gasteiger partial charge in [-0.05, 0) is 31.2 Å². The van der Waals surface area contributed by atoms with Crippen molar-refractivity contribution < 1.29 is 14.1 Å². The molecule has 0 radical (unpaired) electrons. The minimum absolute atomic E-state index is 0.0507. The van der Waals surface area contributed by atoms with E-state index in [-0.39, 0.29) is 17.0 Å². The predicted octanol–water partition coefficient (Wildman–Crippen LogP) is 5.41. The standard InChI is InChI=1S/C19H14Cl2FN3O3/c1-10-19(13-4-3-12(28-2)7-15(13)21)17(24-9-23-10)8-14-16(22)5-11(20)6-18(14)25(26)27/h3-7,9H,8H2,1-2H3. The van der Waals surface area contributed by atoms with E-state index >= 15 is 0 Å². The summed E-state index contributed by atoms with van der Waals surface area (Å²) in [5, 5.41) is 11.7. The molecule has 0 unspecified atom stereocenters. The van der Waals surface area contributed by atoms with Crippen LogP contribution in [0.25, 0.3) is 11.1 Å². The molecule has 0 saturated carbocycles. The Labute approximate surface area is 170 Å². The second-order valence-corrected chi connectivity index (χ2v) is 6.79. The molecule has 0 amide bonds. The van der Waals surface area contributed by atoms with E-state index < -0.39 is 16.4 Å². The number of nitro groups is 1. The summed E-state index contributed by atoms with van der Waals surface area (Å²) in [6.45, 7) is 1.76. The van der Waals surface area contributed by atoms with Crippen molar-refractivity contribution in [3.05, 3.63) is 79.6 Å². The summed E-state index contributed by atoms with van der Waals surface area (Å²) in [6, 6.07) is 7.26. The van der Waals surface area contributed by atoms with Crippen LogP contribution in [-0.4, -0.2) is 22.0 Å². The zero-order valence-electron chi connectivity index (χ0n) is 14.9. The van der Waals surface area contributed by atoms with Crippen LogP contribution in [0.4, 0.5) is 10.1 Å². The number of nitro benzene ring substituents is 1. The van der Waals surface area contributed by atoms with Crippen LogP contribution in [0.2, 0.25) is 10.0 Å². The highest BCUT2D eigenvalue weighted by molar-refractivity contribution is 6.33. The average molecular weight is 422 g/mol. The van der Waals surface area contributed by atoms with Gasteiger partial charge in [0.1, 0.15) is 17.9 Å². The molecular weight excluding hydrogens is 408 g/mol. The topological polar surface area (TPSA) is 78.2 Å². The number of ether oxygens (including phenoxy) is 1. The highest BCUT2D eigenvalue weighted by atomic mass is 35.5. The normalized spacial score (nSPS) is 10.8. The molecule has 0 fully saturated rings. The Balaban J connectivity index is 2.17. The van der Waals surface area contributed by atoms with Gasteiger partial charge in [-0.3, -0.25) is 10.1 Å². The van der Waals surface area contributed by atoms with Crippen LogP contribution in [0.5, 0.6) is 5.75 Å². The van der Waals surface area contributed by atoms with E-state index in [1.165, 1.54) is 13.4 Å². The molecule has 0 spiro atoms. The zero-order chi connectivity index (χ0) is 20.4. The Morgan fingerprint density at radius 3 is 2.61 bits per heavy atom. The van der Waals surface area contributed by atoms with Crippen LogP contribution < -0.4 is 4.74 Å². The van der Waals surface area contributed by atoms with Crippen LogP contribution in [0.3, 0.4) is 0 Å². The van der Waals surface area contributed by atoms with Crippen LogP contribution >= 0.6 is 23.2 Å². The molecule has 9 heteroatoms. The van der Waals surface area contributed by atoms with Gasteiger partial charge in [0, 0.05) is 29.3 Å². The van der Waals surface area contributed by atoms with E-state index in [1.807, 2.05) is 0 Å². The molecule has 0 bridgehead atoms. The number of hydrogen-bond donors (Lipinski definition) is 0. The van der Waals surface area contributed by atoms with Crippen molar-refractivity contribution in [2.45, 2.75) is 13.3 Å². The van der Waals surface area contributed by atoms with E-state index in [0.717, 1.165) is 12.1 Å². The maximum atomic E-state index is 14.5. The van der Waals surface area contributed by atoms with Crippen LogP contribution in [0.1, 0.15) is 17.0 Å². The van der Waals surface area contributed by atoms with Gasteiger partial charge in [0.05, 0.1) is 33.3 Å². The Bertz CT molecular complexity index is 1080. The molecule has 2 aromatic carbocycles. The maximum absolute atomic E-state index is 14.5. The summed E-state index contributed by atoms with van der Waals surface area (Å²) >= 11 is 12.2. The Morgan fingerprint density at radius 2 is 1.96 bits per heavy atom. The second-order valence-electron chi connectivity index (χ2n) is 5.95. The number of methoxy groups -OCH3 is 1. The minimum atomic E-state index is -0.776. The molecule has 1 heterocycles. The Morgan fingerprint density at radius 1 is 1.21 bits per heavy atom. The number of aryl methyl sites for hydroxylation is 1. The van der Waals surface area contributed by atoms with Gasteiger partial charge in [-0.15, -0.1) is 0 Å². The summed E-state index contributed by atoms with van der Waals surface area (Å²) in [6.07, 6.45) is 1.20. The highest BCUT2D eigenvalue weighted by Crippen LogP contribution is 2.36. The fraction of sp³-hybridized carbons (Fsp3) is 0.158. The van der Waals surface area contributed by atoms with Crippen molar-refractivity contribution in [1.82, 2.24) is 9.97 Å². The first-order chi connectivity index (χ1) is 13.3. The summed E-state index contributed by atoms with van der Waals surface area (Å²) in [5.74, 6) is -0.202. The monoisotopic (exact) mass is 421 g/mol. The predicted molar refractivity (Wildman–Crippen MR) is 105 cm³/mol. The molecule has 0 aliphatic carbocycles. The number of nitrogens with zero attached hydrogens (tertiary/aromatic N) is 3. The lowest BCUT2D eigenvalue weighted by atomic mass is 9.97. The van der Waals surface area contributed by atoms with Crippen molar-refractivity contribution >= 4 is 28.9 Å². The number of halogens is 3.